The first-order valence-corrected chi connectivity index (χ1v) is 6.21. The average Bonchev–Trinajstić information content (AvgIpc) is 2.37. The molecule has 1 aromatic carbocycles. The molecule has 0 bridgehead atoms. The Morgan fingerprint density at radius 3 is 2.50 bits per heavy atom. The smallest absolute Gasteiger partial charge is 0.133 e. The molecule has 2 atom stereocenters. The lowest BCUT2D eigenvalue weighted by molar-refractivity contribution is 0.0607. The van der Waals surface area contributed by atoms with Crippen LogP contribution in [0.3, 0.4) is 0 Å². The van der Waals surface area contributed by atoms with Crippen LogP contribution in [0.4, 0.5) is 8.78 Å². The Morgan fingerprint density at radius 1 is 1.33 bits per heavy atom. The van der Waals surface area contributed by atoms with E-state index in [4.69, 9.17) is 4.74 Å². The first-order chi connectivity index (χ1) is 8.56. The normalized spacial score (nSPS) is 14.6. The van der Waals surface area contributed by atoms with E-state index in [1.807, 2.05) is 6.92 Å². The zero-order valence-corrected chi connectivity index (χ0v) is 11.4. The molecule has 2 unspecified atom stereocenters. The predicted octanol–water partition coefficient (Wildman–Crippen LogP) is 3.35. The molecule has 1 rings (SSSR count). The summed E-state index contributed by atoms with van der Waals surface area (Å²) in [6.45, 7) is 3.65. The van der Waals surface area contributed by atoms with Gasteiger partial charge in [-0.1, -0.05) is 19.4 Å². The van der Waals surface area contributed by atoms with Gasteiger partial charge >= 0.3 is 0 Å². The number of hydrogen-bond acceptors (Lipinski definition) is 2. The fraction of sp³-hybridized carbons (Fsp3) is 0.571. The minimum absolute atomic E-state index is 0.0674. The SMILES string of the molecule is CCCC(OC)C(NC)c1c(F)ccc(C)c1F. The average molecular weight is 257 g/mol. The number of hydrogen-bond donors (Lipinski definition) is 1. The third-order valence-electron chi connectivity index (χ3n) is 3.19. The number of likely N-dealkylation sites (N-methyl/N-ethyl adjacent to an activating group) is 1. The summed E-state index contributed by atoms with van der Waals surface area (Å²) in [5, 5.41) is 2.96. The quantitative estimate of drug-likeness (QED) is 0.844. The van der Waals surface area contributed by atoms with Crippen molar-refractivity contribution in [2.24, 2.45) is 0 Å². The Balaban J connectivity index is 3.19. The summed E-state index contributed by atoms with van der Waals surface area (Å²) >= 11 is 0. The second-order valence-corrected chi connectivity index (χ2v) is 4.42. The summed E-state index contributed by atoms with van der Waals surface area (Å²) in [6.07, 6.45) is 1.39. The highest BCUT2D eigenvalue weighted by Gasteiger charge is 2.27. The van der Waals surface area contributed by atoms with Gasteiger partial charge in [0.1, 0.15) is 11.6 Å². The van der Waals surface area contributed by atoms with Gasteiger partial charge in [0.25, 0.3) is 0 Å². The van der Waals surface area contributed by atoms with Gasteiger partial charge in [-0.05, 0) is 32.0 Å². The molecule has 0 saturated carbocycles. The van der Waals surface area contributed by atoms with Gasteiger partial charge in [-0.3, -0.25) is 0 Å². The van der Waals surface area contributed by atoms with Crippen LogP contribution in [0, 0.1) is 18.6 Å². The lowest BCUT2D eigenvalue weighted by Crippen LogP contribution is -2.32. The van der Waals surface area contributed by atoms with Crippen LogP contribution in [0.2, 0.25) is 0 Å². The molecule has 0 spiro atoms. The molecular formula is C14H21F2NO. The molecule has 102 valence electrons. The summed E-state index contributed by atoms with van der Waals surface area (Å²) < 4.78 is 33.3. The van der Waals surface area contributed by atoms with Crippen molar-refractivity contribution < 1.29 is 13.5 Å². The molecule has 4 heteroatoms. The highest BCUT2D eigenvalue weighted by Crippen LogP contribution is 2.28. The predicted molar refractivity (Wildman–Crippen MR) is 68.6 cm³/mol. The van der Waals surface area contributed by atoms with Crippen LogP contribution in [0.15, 0.2) is 12.1 Å². The molecular weight excluding hydrogens is 236 g/mol. The van der Waals surface area contributed by atoms with E-state index >= 15 is 0 Å². The van der Waals surface area contributed by atoms with Gasteiger partial charge < -0.3 is 10.1 Å². The number of nitrogens with one attached hydrogen (secondary N) is 1. The summed E-state index contributed by atoms with van der Waals surface area (Å²) in [6, 6.07) is 2.27. The van der Waals surface area contributed by atoms with Crippen LogP contribution in [-0.2, 0) is 4.74 Å². The van der Waals surface area contributed by atoms with Crippen molar-refractivity contribution in [3.05, 3.63) is 34.9 Å². The summed E-state index contributed by atoms with van der Waals surface area (Å²) in [5.74, 6) is -1.02. The molecule has 18 heavy (non-hydrogen) atoms. The molecule has 0 radical (unpaired) electrons. The summed E-state index contributed by atoms with van der Waals surface area (Å²) in [5.41, 5.74) is 0.510. The number of halogens is 2. The Morgan fingerprint density at radius 2 is 2.00 bits per heavy atom. The van der Waals surface area contributed by atoms with Crippen LogP contribution in [0.25, 0.3) is 0 Å². The fourth-order valence-corrected chi connectivity index (χ4v) is 2.18. The second-order valence-electron chi connectivity index (χ2n) is 4.42. The number of aryl methyl sites for hydroxylation is 1. The van der Waals surface area contributed by atoms with Gasteiger partial charge in [-0.2, -0.15) is 0 Å². The van der Waals surface area contributed by atoms with Crippen LogP contribution >= 0.6 is 0 Å². The van der Waals surface area contributed by atoms with Crippen molar-refractivity contribution in [1.29, 1.82) is 0 Å². The maximum absolute atomic E-state index is 14.1. The topological polar surface area (TPSA) is 21.3 Å². The number of rotatable bonds is 6. The van der Waals surface area contributed by atoms with Crippen molar-refractivity contribution in [1.82, 2.24) is 5.32 Å². The maximum Gasteiger partial charge on any atom is 0.133 e. The van der Waals surface area contributed by atoms with Crippen molar-refractivity contribution in [3.63, 3.8) is 0 Å². The van der Waals surface area contributed by atoms with Crippen molar-refractivity contribution in [2.45, 2.75) is 38.8 Å². The Labute approximate surface area is 107 Å². The molecule has 0 aliphatic rings. The van der Waals surface area contributed by atoms with Gasteiger partial charge in [0, 0.05) is 12.7 Å². The molecule has 0 aliphatic heterocycles. The molecule has 2 nitrogen and oxygen atoms in total. The van der Waals surface area contributed by atoms with Crippen molar-refractivity contribution in [2.75, 3.05) is 14.2 Å². The third kappa shape index (κ3) is 3.06. The van der Waals surface area contributed by atoms with Crippen molar-refractivity contribution >= 4 is 0 Å². The number of methoxy groups -OCH3 is 1. The molecule has 0 amide bonds. The van der Waals surface area contributed by atoms with Crippen molar-refractivity contribution in [3.8, 4) is 0 Å². The number of benzene rings is 1. The summed E-state index contributed by atoms with van der Waals surface area (Å²) in [4.78, 5) is 0. The molecule has 0 aliphatic carbocycles. The lowest BCUT2D eigenvalue weighted by atomic mass is 9.95. The van der Waals surface area contributed by atoms with E-state index in [2.05, 4.69) is 5.32 Å². The molecule has 1 aromatic rings. The Kier molecular flexibility index (Phi) is 5.69. The Hall–Kier alpha value is -1.00. The van der Waals surface area contributed by atoms with Crippen LogP contribution in [0.5, 0.6) is 0 Å². The highest BCUT2D eigenvalue weighted by molar-refractivity contribution is 5.30. The Bertz CT molecular complexity index is 396. The van der Waals surface area contributed by atoms with E-state index in [0.717, 1.165) is 12.8 Å². The monoisotopic (exact) mass is 257 g/mol. The molecule has 0 aromatic heterocycles. The van der Waals surface area contributed by atoms with Crippen LogP contribution in [0.1, 0.15) is 36.9 Å². The molecule has 0 heterocycles. The first kappa shape index (κ1) is 15.1. The van der Waals surface area contributed by atoms with E-state index in [1.165, 1.54) is 12.1 Å². The largest absolute Gasteiger partial charge is 0.379 e. The second kappa shape index (κ2) is 6.81. The van der Waals surface area contributed by atoms with E-state index in [-0.39, 0.29) is 11.7 Å². The zero-order valence-electron chi connectivity index (χ0n) is 11.4. The molecule has 0 fully saturated rings. The van der Waals surface area contributed by atoms with Gasteiger partial charge in [0.15, 0.2) is 0 Å². The summed E-state index contributed by atoms with van der Waals surface area (Å²) in [7, 11) is 3.25. The standard InChI is InChI=1S/C14H21F2NO/c1-5-6-11(18-4)14(17-3)12-10(15)8-7-9(2)13(12)16/h7-8,11,14,17H,5-6H2,1-4H3. The maximum atomic E-state index is 14.1. The zero-order chi connectivity index (χ0) is 13.7. The molecule has 0 saturated heterocycles. The minimum Gasteiger partial charge on any atom is -0.379 e. The van der Waals surface area contributed by atoms with Crippen LogP contribution < -0.4 is 5.32 Å². The highest BCUT2D eigenvalue weighted by atomic mass is 19.1. The first-order valence-electron chi connectivity index (χ1n) is 6.21. The van der Waals surface area contributed by atoms with Gasteiger partial charge in [0.05, 0.1) is 12.1 Å². The van der Waals surface area contributed by atoms with Crippen LogP contribution in [-0.4, -0.2) is 20.3 Å². The van der Waals surface area contributed by atoms with Gasteiger partial charge in [-0.15, -0.1) is 0 Å². The van der Waals surface area contributed by atoms with E-state index in [0.29, 0.717) is 5.56 Å². The lowest BCUT2D eigenvalue weighted by Gasteiger charge is -2.27. The number of ether oxygens (including phenoxy) is 1. The van der Waals surface area contributed by atoms with Gasteiger partial charge in [0.2, 0.25) is 0 Å². The minimum atomic E-state index is -0.532. The van der Waals surface area contributed by atoms with E-state index < -0.39 is 17.7 Å². The third-order valence-corrected chi connectivity index (χ3v) is 3.19. The molecule has 1 N–H and O–H groups in total. The van der Waals surface area contributed by atoms with Gasteiger partial charge in [-0.25, -0.2) is 8.78 Å². The van der Waals surface area contributed by atoms with E-state index in [9.17, 15) is 8.78 Å². The van der Waals surface area contributed by atoms with E-state index in [1.54, 1.807) is 21.1 Å². The fourth-order valence-electron chi connectivity index (χ4n) is 2.18.